The van der Waals surface area contributed by atoms with E-state index in [0.717, 1.165) is 25.7 Å². The van der Waals surface area contributed by atoms with E-state index in [1.165, 1.54) is 10.6 Å². The van der Waals surface area contributed by atoms with Crippen molar-refractivity contribution in [3.63, 3.8) is 0 Å². The molecular weight excluding hydrogens is 352 g/mol. The molecule has 0 aromatic carbocycles. The second-order valence-corrected chi connectivity index (χ2v) is 9.19. The number of carbonyl (C=O) groups excluding carboxylic acids is 1. The maximum absolute atomic E-state index is 12.9. The van der Waals surface area contributed by atoms with Gasteiger partial charge in [-0.05, 0) is 25.3 Å². The van der Waals surface area contributed by atoms with E-state index in [-0.39, 0.29) is 46.8 Å². The van der Waals surface area contributed by atoms with Crippen molar-refractivity contribution in [3.8, 4) is 0 Å². The Morgan fingerprint density at radius 1 is 1.21 bits per heavy atom. The maximum atomic E-state index is 12.9. The van der Waals surface area contributed by atoms with E-state index in [2.05, 4.69) is 0 Å². The molecule has 0 unspecified atom stereocenters. The van der Waals surface area contributed by atoms with Gasteiger partial charge in [-0.15, -0.1) is 0 Å². The number of aromatic nitrogens is 1. The predicted octanol–water partition coefficient (Wildman–Crippen LogP) is 1.46. The Morgan fingerprint density at radius 3 is 2.50 bits per heavy atom. The molecule has 132 valence electrons. The minimum Gasteiger partial charge on any atom is -0.334 e. The van der Waals surface area contributed by atoms with E-state index in [9.17, 15) is 18.0 Å². The molecule has 2 fully saturated rings. The zero-order valence-electron chi connectivity index (χ0n) is 13.4. The second kappa shape index (κ2) is 6.88. The highest BCUT2D eigenvalue weighted by molar-refractivity contribution is 7.91. The number of amides is 1. The number of carbonyl (C=O) groups is 1. The number of rotatable bonds is 4. The molecule has 1 atom stereocenters. The number of nitrogens with zero attached hydrogens (tertiary/aromatic N) is 2. The molecule has 1 aliphatic heterocycles. The standard InChI is InChI=1S/C16H21ClN2O4S/c17-14-6-3-7-15(20)18(14)10-16(21)19(12-4-1-2-5-12)13-8-9-24(22,23)11-13/h3,6-7,12-13H,1-2,4-5,8-11H2/t13-/m0/s1. The summed E-state index contributed by atoms with van der Waals surface area (Å²) in [7, 11) is -3.08. The van der Waals surface area contributed by atoms with Gasteiger partial charge in [-0.1, -0.05) is 30.5 Å². The lowest BCUT2D eigenvalue weighted by atomic mass is 10.1. The number of hydrogen-bond acceptors (Lipinski definition) is 4. The van der Waals surface area contributed by atoms with Crippen molar-refractivity contribution < 1.29 is 13.2 Å². The highest BCUT2D eigenvalue weighted by Gasteiger charge is 2.39. The third-order valence-electron chi connectivity index (χ3n) is 4.90. The fourth-order valence-corrected chi connectivity index (χ4v) is 5.68. The number of pyridine rings is 1. The molecule has 2 aliphatic rings. The Hall–Kier alpha value is -1.34. The Labute approximate surface area is 146 Å². The molecule has 1 amide bonds. The van der Waals surface area contributed by atoms with E-state index in [1.54, 1.807) is 17.0 Å². The van der Waals surface area contributed by atoms with Crippen LogP contribution in [0.15, 0.2) is 23.0 Å². The minimum atomic E-state index is -3.08. The zero-order chi connectivity index (χ0) is 17.3. The van der Waals surface area contributed by atoms with Crippen molar-refractivity contribution in [1.29, 1.82) is 0 Å². The van der Waals surface area contributed by atoms with Gasteiger partial charge in [-0.25, -0.2) is 8.42 Å². The van der Waals surface area contributed by atoms with E-state index in [0.29, 0.717) is 6.42 Å². The molecule has 0 N–H and O–H groups in total. The van der Waals surface area contributed by atoms with Crippen LogP contribution < -0.4 is 5.56 Å². The van der Waals surface area contributed by atoms with Gasteiger partial charge in [0.1, 0.15) is 11.7 Å². The SMILES string of the molecule is O=C(Cn1c(Cl)cccc1=O)N(C1CCCC1)[C@H]1CCS(=O)(=O)C1. The molecule has 1 saturated heterocycles. The van der Waals surface area contributed by atoms with Gasteiger partial charge < -0.3 is 4.90 Å². The fourth-order valence-electron chi connectivity index (χ4n) is 3.75. The predicted molar refractivity (Wildman–Crippen MR) is 91.9 cm³/mol. The van der Waals surface area contributed by atoms with Gasteiger partial charge in [0.05, 0.1) is 11.5 Å². The molecule has 6 nitrogen and oxygen atoms in total. The number of sulfone groups is 1. The van der Waals surface area contributed by atoms with Crippen LogP contribution in [0.4, 0.5) is 0 Å². The third kappa shape index (κ3) is 3.67. The van der Waals surface area contributed by atoms with Crippen LogP contribution in [0.1, 0.15) is 32.1 Å². The molecular formula is C16H21ClN2O4S. The van der Waals surface area contributed by atoms with Crippen molar-refractivity contribution >= 4 is 27.3 Å². The van der Waals surface area contributed by atoms with E-state index < -0.39 is 9.84 Å². The van der Waals surface area contributed by atoms with Gasteiger partial charge in [0.25, 0.3) is 5.56 Å². The van der Waals surface area contributed by atoms with E-state index in [1.807, 2.05) is 0 Å². The molecule has 0 radical (unpaired) electrons. The van der Waals surface area contributed by atoms with Gasteiger partial charge in [0.2, 0.25) is 5.91 Å². The van der Waals surface area contributed by atoms with Crippen molar-refractivity contribution in [1.82, 2.24) is 9.47 Å². The summed E-state index contributed by atoms with van der Waals surface area (Å²) in [5.74, 6) is -0.0773. The van der Waals surface area contributed by atoms with Crippen LogP contribution in [0.5, 0.6) is 0 Å². The summed E-state index contributed by atoms with van der Waals surface area (Å²) in [6, 6.07) is 4.25. The third-order valence-corrected chi connectivity index (χ3v) is 6.98. The van der Waals surface area contributed by atoms with Crippen LogP contribution in [0.25, 0.3) is 0 Å². The van der Waals surface area contributed by atoms with Crippen LogP contribution in [-0.2, 0) is 21.2 Å². The molecule has 1 aromatic heterocycles. The average molecular weight is 373 g/mol. The topological polar surface area (TPSA) is 76.5 Å². The lowest BCUT2D eigenvalue weighted by Gasteiger charge is -2.34. The zero-order valence-corrected chi connectivity index (χ0v) is 14.9. The van der Waals surface area contributed by atoms with Crippen molar-refractivity contribution in [2.24, 2.45) is 0 Å². The van der Waals surface area contributed by atoms with Crippen molar-refractivity contribution in [3.05, 3.63) is 33.7 Å². The van der Waals surface area contributed by atoms with Crippen LogP contribution in [0.2, 0.25) is 5.15 Å². The molecule has 2 heterocycles. The highest BCUT2D eigenvalue weighted by Crippen LogP contribution is 2.29. The van der Waals surface area contributed by atoms with E-state index in [4.69, 9.17) is 11.6 Å². The van der Waals surface area contributed by atoms with Gasteiger partial charge in [-0.3, -0.25) is 14.2 Å². The van der Waals surface area contributed by atoms with Gasteiger partial charge in [0, 0.05) is 18.2 Å². The quantitative estimate of drug-likeness (QED) is 0.750. The van der Waals surface area contributed by atoms with Gasteiger partial charge in [-0.2, -0.15) is 0 Å². The van der Waals surface area contributed by atoms with Crippen molar-refractivity contribution in [2.75, 3.05) is 11.5 Å². The summed E-state index contributed by atoms with van der Waals surface area (Å²) in [6.07, 6.45) is 4.33. The molecule has 8 heteroatoms. The molecule has 0 spiro atoms. The largest absolute Gasteiger partial charge is 0.334 e. The molecule has 1 aliphatic carbocycles. The fraction of sp³-hybridized carbons (Fsp3) is 0.625. The number of hydrogen-bond donors (Lipinski definition) is 0. The minimum absolute atomic E-state index is 0.0205. The Morgan fingerprint density at radius 2 is 1.92 bits per heavy atom. The normalized spacial score (nSPS) is 23.5. The summed E-state index contributed by atoms with van der Waals surface area (Å²) >= 11 is 6.04. The molecule has 24 heavy (non-hydrogen) atoms. The van der Waals surface area contributed by atoms with Crippen LogP contribution >= 0.6 is 11.6 Å². The highest BCUT2D eigenvalue weighted by atomic mass is 35.5. The smallest absolute Gasteiger partial charge is 0.252 e. The summed E-state index contributed by atoms with van der Waals surface area (Å²) in [5.41, 5.74) is -0.332. The Kier molecular flexibility index (Phi) is 5.01. The first-order chi connectivity index (χ1) is 11.4. The molecule has 1 saturated carbocycles. The first-order valence-corrected chi connectivity index (χ1v) is 10.4. The second-order valence-electron chi connectivity index (χ2n) is 6.57. The van der Waals surface area contributed by atoms with Crippen LogP contribution in [0, 0.1) is 0 Å². The lowest BCUT2D eigenvalue weighted by Crippen LogP contribution is -2.49. The summed E-state index contributed by atoms with van der Waals surface area (Å²) in [6.45, 7) is -0.147. The number of halogens is 1. The molecule has 1 aromatic rings. The van der Waals surface area contributed by atoms with E-state index >= 15 is 0 Å². The van der Waals surface area contributed by atoms with Gasteiger partial charge in [0.15, 0.2) is 9.84 Å². The molecule has 0 bridgehead atoms. The average Bonchev–Trinajstić information content (AvgIpc) is 3.14. The Balaban J connectivity index is 1.85. The monoisotopic (exact) mass is 372 g/mol. The van der Waals surface area contributed by atoms with Gasteiger partial charge >= 0.3 is 0 Å². The van der Waals surface area contributed by atoms with Crippen molar-refractivity contribution in [2.45, 2.75) is 50.7 Å². The first kappa shape index (κ1) is 17.5. The maximum Gasteiger partial charge on any atom is 0.252 e. The summed E-state index contributed by atoms with van der Waals surface area (Å²) in [4.78, 5) is 26.6. The Bertz CT molecular complexity index is 784. The summed E-state index contributed by atoms with van der Waals surface area (Å²) in [5, 5.41) is 0.210. The lowest BCUT2D eigenvalue weighted by molar-refractivity contribution is -0.136. The van der Waals surface area contributed by atoms with Crippen LogP contribution in [0.3, 0.4) is 0 Å². The summed E-state index contributed by atoms with van der Waals surface area (Å²) < 4.78 is 24.9. The first-order valence-electron chi connectivity index (χ1n) is 8.24. The van der Waals surface area contributed by atoms with Crippen LogP contribution in [-0.4, -0.2) is 47.4 Å². The molecule has 3 rings (SSSR count).